The number of aromatic nitrogens is 1. The third kappa shape index (κ3) is 4.61. The molecule has 10 heteroatoms. The van der Waals surface area contributed by atoms with Crippen molar-refractivity contribution in [2.75, 3.05) is 13.2 Å². The molecule has 2 fully saturated rings. The van der Waals surface area contributed by atoms with E-state index in [0.29, 0.717) is 6.54 Å². The summed E-state index contributed by atoms with van der Waals surface area (Å²) in [5, 5.41) is 16.8. The summed E-state index contributed by atoms with van der Waals surface area (Å²) in [6.07, 6.45) is 1.40. The van der Waals surface area contributed by atoms with E-state index in [4.69, 9.17) is 4.74 Å². The van der Waals surface area contributed by atoms with Crippen molar-refractivity contribution in [3.63, 3.8) is 0 Å². The average Bonchev–Trinajstić information content (AvgIpc) is 3.60. The Balaban J connectivity index is 1.38. The monoisotopic (exact) mass is 497 g/mol. The number of fused-ring (bicyclic) bond motifs is 1. The molecule has 2 aliphatic rings. The van der Waals surface area contributed by atoms with E-state index in [1.165, 1.54) is 23.5 Å². The SMILES string of the molecule is O=C(NC(Cc1ccc(O)cc1)C(=O)N1CCCC2OCC(=O)C21)c1csc(-c2cccs2)n1. The summed E-state index contributed by atoms with van der Waals surface area (Å²) in [6.45, 7) is 0.453. The number of nitrogens with zero attached hydrogens (tertiary/aromatic N) is 2. The van der Waals surface area contributed by atoms with Crippen LogP contribution in [0.15, 0.2) is 47.2 Å². The van der Waals surface area contributed by atoms with Gasteiger partial charge in [0.1, 0.15) is 35.1 Å². The molecule has 0 radical (unpaired) electrons. The van der Waals surface area contributed by atoms with Crippen LogP contribution in [-0.2, 0) is 20.7 Å². The highest BCUT2D eigenvalue weighted by molar-refractivity contribution is 7.20. The van der Waals surface area contributed by atoms with Gasteiger partial charge in [0, 0.05) is 18.3 Å². The summed E-state index contributed by atoms with van der Waals surface area (Å²) >= 11 is 2.91. The van der Waals surface area contributed by atoms with Gasteiger partial charge < -0.3 is 20.1 Å². The number of phenolic OH excluding ortho intramolecular Hbond substituents is 1. The molecule has 2 saturated heterocycles. The van der Waals surface area contributed by atoms with E-state index in [9.17, 15) is 19.5 Å². The number of carbonyl (C=O) groups is 3. The largest absolute Gasteiger partial charge is 0.508 e. The maximum absolute atomic E-state index is 13.7. The molecule has 2 aromatic heterocycles. The Morgan fingerprint density at radius 3 is 2.82 bits per heavy atom. The predicted molar refractivity (Wildman–Crippen MR) is 128 cm³/mol. The molecular formula is C24H23N3O5S2. The van der Waals surface area contributed by atoms with Crippen LogP contribution in [0.4, 0.5) is 0 Å². The Kier molecular flexibility index (Phi) is 6.44. The molecule has 0 saturated carbocycles. The van der Waals surface area contributed by atoms with Crippen molar-refractivity contribution in [1.82, 2.24) is 15.2 Å². The van der Waals surface area contributed by atoms with Crippen LogP contribution in [0, 0.1) is 0 Å². The number of nitrogens with one attached hydrogen (secondary N) is 1. The van der Waals surface area contributed by atoms with E-state index in [1.807, 2.05) is 17.5 Å². The number of Topliss-reactive ketones (excluding diaryl/α,β-unsaturated/α-hetero) is 1. The lowest BCUT2D eigenvalue weighted by molar-refractivity contribution is -0.142. The van der Waals surface area contributed by atoms with Gasteiger partial charge in [-0.2, -0.15) is 0 Å². The predicted octanol–water partition coefficient (Wildman–Crippen LogP) is 2.88. The number of rotatable bonds is 6. The molecule has 0 aliphatic carbocycles. The first-order chi connectivity index (χ1) is 16.5. The third-order valence-corrected chi connectivity index (χ3v) is 7.96. The quantitative estimate of drug-likeness (QED) is 0.542. The van der Waals surface area contributed by atoms with Crippen molar-refractivity contribution in [3.05, 3.63) is 58.4 Å². The van der Waals surface area contributed by atoms with E-state index in [2.05, 4.69) is 10.3 Å². The number of hydrogen-bond donors (Lipinski definition) is 2. The summed E-state index contributed by atoms with van der Waals surface area (Å²) < 4.78 is 5.58. The van der Waals surface area contributed by atoms with Gasteiger partial charge in [0.25, 0.3) is 5.91 Å². The van der Waals surface area contributed by atoms with Crippen molar-refractivity contribution in [3.8, 4) is 15.6 Å². The van der Waals surface area contributed by atoms with E-state index in [1.54, 1.807) is 33.7 Å². The van der Waals surface area contributed by atoms with E-state index in [-0.39, 0.29) is 42.3 Å². The molecule has 4 heterocycles. The standard InChI is InChI=1S/C24H23N3O5S2/c28-15-7-5-14(6-8-15)11-16(24(31)27-9-1-3-19-21(27)18(29)12-32-19)25-22(30)17-13-34-23(26-17)20-4-2-10-33-20/h2,4-8,10,13,16,19,21,28H,1,3,9,11-12H2,(H,25,30). The molecule has 1 aromatic carbocycles. The van der Waals surface area contributed by atoms with Gasteiger partial charge in [0.05, 0.1) is 11.0 Å². The van der Waals surface area contributed by atoms with Gasteiger partial charge in [-0.15, -0.1) is 22.7 Å². The third-order valence-electron chi connectivity index (χ3n) is 6.08. The van der Waals surface area contributed by atoms with Crippen molar-refractivity contribution in [2.45, 2.75) is 37.5 Å². The number of thiophene rings is 1. The molecular weight excluding hydrogens is 474 g/mol. The molecule has 2 aliphatic heterocycles. The Labute approximate surface area is 204 Å². The second-order valence-electron chi connectivity index (χ2n) is 8.35. The van der Waals surface area contributed by atoms with Crippen molar-refractivity contribution >= 4 is 40.3 Å². The number of thiazole rings is 1. The molecule has 34 heavy (non-hydrogen) atoms. The van der Waals surface area contributed by atoms with Crippen LogP contribution in [0.25, 0.3) is 9.88 Å². The van der Waals surface area contributed by atoms with Gasteiger partial charge in [-0.25, -0.2) is 4.98 Å². The van der Waals surface area contributed by atoms with Crippen molar-refractivity contribution in [2.24, 2.45) is 0 Å². The maximum Gasteiger partial charge on any atom is 0.271 e. The number of benzene rings is 1. The number of piperidine rings is 1. The van der Waals surface area contributed by atoms with Gasteiger partial charge in [0.15, 0.2) is 5.78 Å². The van der Waals surface area contributed by atoms with Gasteiger partial charge in [0.2, 0.25) is 5.91 Å². The van der Waals surface area contributed by atoms with Crippen LogP contribution in [0.3, 0.4) is 0 Å². The lowest BCUT2D eigenvalue weighted by Crippen LogP contribution is -2.58. The number of likely N-dealkylation sites (tertiary alicyclic amines) is 1. The summed E-state index contributed by atoms with van der Waals surface area (Å²) in [5.74, 6) is -0.748. The molecule has 8 nitrogen and oxygen atoms in total. The molecule has 5 rings (SSSR count). The number of amides is 2. The second-order valence-corrected chi connectivity index (χ2v) is 10.2. The fourth-order valence-corrected chi connectivity index (χ4v) is 6.04. The van der Waals surface area contributed by atoms with Crippen LogP contribution in [0.1, 0.15) is 28.9 Å². The highest BCUT2D eigenvalue weighted by atomic mass is 32.1. The zero-order valence-electron chi connectivity index (χ0n) is 18.2. The molecule has 0 spiro atoms. The molecule has 3 aromatic rings. The number of ketones is 1. The zero-order chi connectivity index (χ0) is 23.7. The van der Waals surface area contributed by atoms with E-state index in [0.717, 1.165) is 28.3 Å². The highest BCUT2D eigenvalue weighted by Gasteiger charge is 2.45. The Morgan fingerprint density at radius 1 is 1.24 bits per heavy atom. The van der Waals surface area contributed by atoms with Gasteiger partial charge in [-0.05, 0) is 42.0 Å². The Hall–Kier alpha value is -3.08. The van der Waals surface area contributed by atoms with E-state index < -0.39 is 18.0 Å². The number of hydrogen-bond acceptors (Lipinski definition) is 8. The van der Waals surface area contributed by atoms with Crippen LogP contribution < -0.4 is 5.32 Å². The lowest BCUT2D eigenvalue weighted by atomic mass is 9.95. The highest BCUT2D eigenvalue weighted by Crippen LogP contribution is 2.29. The molecule has 3 atom stereocenters. The normalized spacial score (nSPS) is 20.7. The first-order valence-electron chi connectivity index (χ1n) is 11.0. The fraction of sp³-hybridized carbons (Fsp3) is 0.333. The van der Waals surface area contributed by atoms with Crippen molar-refractivity contribution < 1.29 is 24.2 Å². The number of carbonyl (C=O) groups excluding carboxylic acids is 3. The number of phenols is 1. The molecule has 176 valence electrons. The molecule has 0 bridgehead atoms. The number of ether oxygens (including phenoxy) is 1. The van der Waals surface area contributed by atoms with E-state index >= 15 is 0 Å². The molecule has 3 unspecified atom stereocenters. The van der Waals surface area contributed by atoms with Crippen LogP contribution in [-0.4, -0.2) is 63.9 Å². The summed E-state index contributed by atoms with van der Waals surface area (Å²) in [7, 11) is 0. The summed E-state index contributed by atoms with van der Waals surface area (Å²) in [5.41, 5.74) is 1.02. The van der Waals surface area contributed by atoms with Crippen LogP contribution in [0.2, 0.25) is 0 Å². The Morgan fingerprint density at radius 2 is 2.06 bits per heavy atom. The minimum absolute atomic E-state index is 0.0123. The smallest absolute Gasteiger partial charge is 0.271 e. The lowest BCUT2D eigenvalue weighted by Gasteiger charge is -2.37. The van der Waals surface area contributed by atoms with Crippen molar-refractivity contribution in [1.29, 1.82) is 0 Å². The topological polar surface area (TPSA) is 109 Å². The van der Waals surface area contributed by atoms with Gasteiger partial charge >= 0.3 is 0 Å². The first-order valence-corrected chi connectivity index (χ1v) is 12.8. The minimum Gasteiger partial charge on any atom is -0.508 e. The first kappa shape index (κ1) is 22.7. The minimum atomic E-state index is -0.893. The van der Waals surface area contributed by atoms with Gasteiger partial charge in [-0.1, -0.05) is 18.2 Å². The summed E-state index contributed by atoms with van der Waals surface area (Å²) in [4.78, 5) is 46.2. The van der Waals surface area contributed by atoms with Crippen LogP contribution in [0.5, 0.6) is 5.75 Å². The average molecular weight is 498 g/mol. The molecule has 2 N–H and O–H groups in total. The molecule has 2 amide bonds. The van der Waals surface area contributed by atoms with Gasteiger partial charge in [-0.3, -0.25) is 14.4 Å². The summed E-state index contributed by atoms with van der Waals surface area (Å²) in [6, 6.07) is 8.87. The Bertz CT molecular complexity index is 1190. The fourth-order valence-electron chi connectivity index (χ4n) is 4.43. The number of aromatic hydroxyl groups is 1. The zero-order valence-corrected chi connectivity index (χ0v) is 19.8. The second kappa shape index (κ2) is 9.65. The van der Waals surface area contributed by atoms with Crippen LogP contribution >= 0.6 is 22.7 Å². The maximum atomic E-state index is 13.7.